The number of aryl methyl sites for hydroxylation is 1. The van der Waals surface area contributed by atoms with Crippen molar-refractivity contribution in [3.63, 3.8) is 0 Å². The highest BCUT2D eigenvalue weighted by atomic mass is 35.5. The fourth-order valence-corrected chi connectivity index (χ4v) is 4.05. The zero-order valence-corrected chi connectivity index (χ0v) is 14.5. The lowest BCUT2D eigenvalue weighted by molar-refractivity contribution is 0.209. The van der Waals surface area contributed by atoms with Gasteiger partial charge in [0, 0.05) is 11.1 Å². The Morgan fingerprint density at radius 2 is 2.10 bits per heavy atom. The van der Waals surface area contributed by atoms with Gasteiger partial charge in [0.1, 0.15) is 0 Å². The molecule has 1 aromatic carbocycles. The van der Waals surface area contributed by atoms with E-state index in [4.69, 9.17) is 11.6 Å². The molecular formula is C19H30ClN. The zero-order valence-electron chi connectivity index (χ0n) is 13.8. The fraction of sp³-hybridized carbons (Fsp3) is 0.684. The van der Waals surface area contributed by atoms with Crippen molar-refractivity contribution >= 4 is 11.6 Å². The number of hydrogen-bond donors (Lipinski definition) is 1. The second kappa shape index (κ2) is 8.19. The molecule has 1 nitrogen and oxygen atoms in total. The molecule has 2 rings (SSSR count). The normalized spacial score (nSPS) is 24.0. The third-order valence-corrected chi connectivity index (χ3v) is 5.29. The van der Waals surface area contributed by atoms with Crippen molar-refractivity contribution in [3.8, 4) is 0 Å². The molecule has 21 heavy (non-hydrogen) atoms. The first-order valence-corrected chi connectivity index (χ1v) is 9.02. The Bertz CT molecular complexity index is 443. The van der Waals surface area contributed by atoms with Crippen molar-refractivity contribution in [2.75, 3.05) is 6.54 Å². The van der Waals surface area contributed by atoms with Crippen LogP contribution in [-0.4, -0.2) is 6.54 Å². The number of halogens is 1. The quantitative estimate of drug-likeness (QED) is 0.689. The molecule has 0 spiro atoms. The van der Waals surface area contributed by atoms with Gasteiger partial charge in [0.25, 0.3) is 0 Å². The van der Waals surface area contributed by atoms with Crippen LogP contribution in [0.25, 0.3) is 0 Å². The van der Waals surface area contributed by atoms with Crippen molar-refractivity contribution in [2.24, 2.45) is 11.8 Å². The average molecular weight is 308 g/mol. The van der Waals surface area contributed by atoms with Crippen molar-refractivity contribution in [1.82, 2.24) is 5.32 Å². The number of hydrogen-bond acceptors (Lipinski definition) is 1. The smallest absolute Gasteiger partial charge is 0.0408 e. The van der Waals surface area contributed by atoms with E-state index in [9.17, 15) is 0 Å². The third-order valence-electron chi connectivity index (χ3n) is 5.05. The van der Waals surface area contributed by atoms with Gasteiger partial charge in [-0.05, 0) is 67.8 Å². The molecule has 0 bridgehead atoms. The van der Waals surface area contributed by atoms with Crippen molar-refractivity contribution in [2.45, 2.75) is 65.3 Å². The van der Waals surface area contributed by atoms with Gasteiger partial charge >= 0.3 is 0 Å². The molecule has 1 fully saturated rings. The first kappa shape index (κ1) is 16.8. The average Bonchev–Trinajstić information content (AvgIpc) is 2.49. The third kappa shape index (κ3) is 4.47. The summed E-state index contributed by atoms with van der Waals surface area (Å²) in [6, 6.07) is 6.89. The molecule has 3 atom stereocenters. The molecule has 1 aromatic rings. The lowest BCUT2D eigenvalue weighted by atomic mass is 9.74. The van der Waals surface area contributed by atoms with Crippen LogP contribution >= 0.6 is 11.6 Å². The standard InChI is InChI=1S/C19H30ClN/c1-4-11-21-19(16-8-6-7-15(5-2)13-16)18-10-9-17(20)12-14(18)3/h9-10,12,15-16,19,21H,4-8,11,13H2,1-3H3. The van der Waals surface area contributed by atoms with Crippen LogP contribution in [-0.2, 0) is 0 Å². The van der Waals surface area contributed by atoms with E-state index >= 15 is 0 Å². The summed E-state index contributed by atoms with van der Waals surface area (Å²) < 4.78 is 0. The molecule has 0 heterocycles. The Balaban J connectivity index is 2.20. The lowest BCUT2D eigenvalue weighted by Crippen LogP contribution is -2.32. The topological polar surface area (TPSA) is 12.0 Å². The van der Waals surface area contributed by atoms with Gasteiger partial charge in [0.05, 0.1) is 0 Å². The van der Waals surface area contributed by atoms with E-state index in [2.05, 4.69) is 38.2 Å². The largest absolute Gasteiger partial charge is 0.310 e. The Hall–Kier alpha value is -0.530. The first-order chi connectivity index (χ1) is 10.2. The first-order valence-electron chi connectivity index (χ1n) is 8.65. The molecule has 1 aliphatic rings. The second-order valence-corrected chi connectivity index (χ2v) is 7.07. The van der Waals surface area contributed by atoms with E-state index in [0.717, 1.165) is 23.4 Å². The van der Waals surface area contributed by atoms with Crippen LogP contribution in [0.5, 0.6) is 0 Å². The molecular weight excluding hydrogens is 278 g/mol. The van der Waals surface area contributed by atoms with Gasteiger partial charge in [0.2, 0.25) is 0 Å². The highest BCUT2D eigenvalue weighted by Gasteiger charge is 2.29. The molecule has 0 saturated heterocycles. The van der Waals surface area contributed by atoms with E-state index in [1.165, 1.54) is 49.7 Å². The van der Waals surface area contributed by atoms with E-state index in [-0.39, 0.29) is 0 Å². The van der Waals surface area contributed by atoms with Gasteiger partial charge in [0.15, 0.2) is 0 Å². The summed E-state index contributed by atoms with van der Waals surface area (Å²) >= 11 is 6.14. The van der Waals surface area contributed by atoms with Gasteiger partial charge in [-0.2, -0.15) is 0 Å². The molecule has 0 aromatic heterocycles. The molecule has 1 N–H and O–H groups in total. The summed E-state index contributed by atoms with van der Waals surface area (Å²) in [5.41, 5.74) is 2.78. The highest BCUT2D eigenvalue weighted by molar-refractivity contribution is 6.30. The van der Waals surface area contributed by atoms with Gasteiger partial charge in [-0.3, -0.25) is 0 Å². The fourth-order valence-electron chi connectivity index (χ4n) is 3.82. The molecule has 3 unspecified atom stereocenters. The SMILES string of the molecule is CCCNC(c1ccc(Cl)cc1C)C1CCCC(CC)C1. The van der Waals surface area contributed by atoms with Gasteiger partial charge in [-0.15, -0.1) is 0 Å². The van der Waals surface area contributed by atoms with Crippen molar-refractivity contribution in [3.05, 3.63) is 34.3 Å². The molecule has 118 valence electrons. The predicted molar refractivity (Wildman–Crippen MR) is 93.0 cm³/mol. The van der Waals surface area contributed by atoms with Crippen LogP contribution in [0.1, 0.15) is 69.5 Å². The molecule has 0 aliphatic heterocycles. The van der Waals surface area contributed by atoms with Crippen LogP contribution in [0.15, 0.2) is 18.2 Å². The Morgan fingerprint density at radius 1 is 1.29 bits per heavy atom. The van der Waals surface area contributed by atoms with Gasteiger partial charge in [-0.1, -0.05) is 50.8 Å². The van der Waals surface area contributed by atoms with Crippen LogP contribution in [0.2, 0.25) is 5.02 Å². The Kier molecular flexibility index (Phi) is 6.57. The summed E-state index contributed by atoms with van der Waals surface area (Å²) in [7, 11) is 0. The maximum Gasteiger partial charge on any atom is 0.0408 e. The maximum atomic E-state index is 6.14. The number of benzene rings is 1. The van der Waals surface area contributed by atoms with Crippen molar-refractivity contribution in [1.29, 1.82) is 0 Å². The van der Waals surface area contributed by atoms with Crippen LogP contribution in [0, 0.1) is 18.8 Å². The Labute approximate surface area is 135 Å². The van der Waals surface area contributed by atoms with Crippen LogP contribution < -0.4 is 5.32 Å². The minimum atomic E-state index is 0.497. The van der Waals surface area contributed by atoms with Gasteiger partial charge < -0.3 is 5.32 Å². The monoisotopic (exact) mass is 307 g/mol. The van der Waals surface area contributed by atoms with E-state index in [1.54, 1.807) is 0 Å². The molecule has 2 heteroatoms. The van der Waals surface area contributed by atoms with Crippen molar-refractivity contribution < 1.29 is 0 Å². The summed E-state index contributed by atoms with van der Waals surface area (Å²) in [4.78, 5) is 0. The molecule has 0 amide bonds. The summed E-state index contributed by atoms with van der Waals surface area (Å²) in [5, 5.41) is 4.67. The Morgan fingerprint density at radius 3 is 2.76 bits per heavy atom. The minimum absolute atomic E-state index is 0.497. The number of rotatable bonds is 6. The molecule has 1 saturated carbocycles. The highest BCUT2D eigenvalue weighted by Crippen LogP contribution is 2.39. The summed E-state index contributed by atoms with van der Waals surface area (Å²) in [5.74, 6) is 1.69. The van der Waals surface area contributed by atoms with Crippen LogP contribution in [0.4, 0.5) is 0 Å². The second-order valence-electron chi connectivity index (χ2n) is 6.63. The number of nitrogens with one attached hydrogen (secondary N) is 1. The predicted octanol–water partition coefficient (Wildman–Crippen LogP) is 5.91. The van der Waals surface area contributed by atoms with E-state index in [1.807, 2.05) is 6.07 Å². The van der Waals surface area contributed by atoms with E-state index in [0.29, 0.717) is 6.04 Å². The minimum Gasteiger partial charge on any atom is -0.310 e. The summed E-state index contributed by atoms with van der Waals surface area (Å²) in [6.45, 7) is 7.88. The molecule has 1 aliphatic carbocycles. The lowest BCUT2D eigenvalue weighted by Gasteiger charge is -2.36. The van der Waals surface area contributed by atoms with E-state index < -0.39 is 0 Å². The van der Waals surface area contributed by atoms with Crippen LogP contribution in [0.3, 0.4) is 0 Å². The van der Waals surface area contributed by atoms with Gasteiger partial charge in [-0.25, -0.2) is 0 Å². The summed E-state index contributed by atoms with van der Waals surface area (Å²) in [6.07, 6.45) is 8.07. The maximum absolute atomic E-state index is 6.14. The molecule has 0 radical (unpaired) electrons. The zero-order chi connectivity index (χ0) is 15.2.